The van der Waals surface area contributed by atoms with E-state index in [1.807, 2.05) is 31.2 Å². The van der Waals surface area contributed by atoms with Crippen LogP contribution in [0.3, 0.4) is 0 Å². The van der Waals surface area contributed by atoms with Crippen LogP contribution < -0.4 is 11.1 Å². The number of benzene rings is 1. The number of oxime groups is 1. The summed E-state index contributed by atoms with van der Waals surface area (Å²) in [5.41, 5.74) is 6.40. The Morgan fingerprint density at radius 2 is 2.38 bits per heavy atom. The highest BCUT2D eigenvalue weighted by Crippen LogP contribution is 2.17. The molecule has 0 fully saturated rings. The third-order valence-corrected chi connectivity index (χ3v) is 2.51. The largest absolute Gasteiger partial charge is 0.409 e. The molecule has 1 atom stereocenters. The first-order chi connectivity index (χ1) is 7.65. The fourth-order valence-corrected chi connectivity index (χ4v) is 1.59. The van der Waals surface area contributed by atoms with Crippen molar-refractivity contribution < 1.29 is 5.21 Å². The van der Waals surface area contributed by atoms with Gasteiger partial charge < -0.3 is 16.3 Å². The van der Waals surface area contributed by atoms with Gasteiger partial charge in [-0.25, -0.2) is 0 Å². The molecule has 0 heterocycles. The quantitative estimate of drug-likeness (QED) is 0.321. The highest BCUT2D eigenvalue weighted by molar-refractivity contribution is 6.30. The number of anilines is 1. The average Bonchev–Trinajstić information content (AvgIpc) is 2.28. The number of nitrogens with one attached hydrogen (secondary N) is 1. The van der Waals surface area contributed by atoms with Gasteiger partial charge in [0.1, 0.15) is 5.84 Å². The van der Waals surface area contributed by atoms with Crippen LogP contribution >= 0.6 is 11.6 Å². The fraction of sp³-hybridized carbons (Fsp3) is 0.364. The van der Waals surface area contributed by atoms with Crippen LogP contribution in [0.4, 0.5) is 5.69 Å². The van der Waals surface area contributed by atoms with Crippen LogP contribution in [-0.2, 0) is 0 Å². The zero-order valence-corrected chi connectivity index (χ0v) is 9.91. The summed E-state index contributed by atoms with van der Waals surface area (Å²) in [4.78, 5) is 0. The van der Waals surface area contributed by atoms with E-state index in [2.05, 4.69) is 10.5 Å². The Bertz CT molecular complexity index is 368. The van der Waals surface area contributed by atoms with Crippen molar-refractivity contribution >= 4 is 23.1 Å². The number of halogens is 1. The molecule has 0 aliphatic carbocycles. The van der Waals surface area contributed by atoms with Crippen molar-refractivity contribution in [1.29, 1.82) is 0 Å². The fourth-order valence-electron chi connectivity index (χ4n) is 1.40. The number of nitrogens with two attached hydrogens (primary N) is 1. The van der Waals surface area contributed by atoms with Crippen LogP contribution in [0.25, 0.3) is 0 Å². The number of nitrogens with zero attached hydrogens (tertiary/aromatic N) is 1. The van der Waals surface area contributed by atoms with Gasteiger partial charge in [-0.1, -0.05) is 29.7 Å². The van der Waals surface area contributed by atoms with E-state index >= 15 is 0 Å². The van der Waals surface area contributed by atoms with Crippen molar-refractivity contribution in [3.05, 3.63) is 29.3 Å². The van der Waals surface area contributed by atoms with Gasteiger partial charge >= 0.3 is 0 Å². The van der Waals surface area contributed by atoms with Crippen LogP contribution in [0.2, 0.25) is 5.02 Å². The number of hydrogen-bond donors (Lipinski definition) is 3. The first-order valence-corrected chi connectivity index (χ1v) is 5.52. The Balaban J connectivity index is 2.63. The van der Waals surface area contributed by atoms with E-state index in [1.165, 1.54) is 0 Å². The minimum absolute atomic E-state index is 0.134. The van der Waals surface area contributed by atoms with Crippen LogP contribution in [0, 0.1) is 0 Å². The minimum atomic E-state index is 0.134. The first-order valence-electron chi connectivity index (χ1n) is 5.14. The molecule has 1 aromatic carbocycles. The normalized spacial score (nSPS) is 13.5. The van der Waals surface area contributed by atoms with Gasteiger partial charge in [0.2, 0.25) is 0 Å². The topological polar surface area (TPSA) is 70.6 Å². The van der Waals surface area contributed by atoms with Crippen LogP contribution in [0.15, 0.2) is 29.4 Å². The molecule has 0 aliphatic rings. The van der Waals surface area contributed by atoms with Crippen molar-refractivity contribution in [2.45, 2.75) is 25.8 Å². The summed E-state index contributed by atoms with van der Waals surface area (Å²) in [6.45, 7) is 2.03. The summed E-state index contributed by atoms with van der Waals surface area (Å²) in [6, 6.07) is 7.60. The summed E-state index contributed by atoms with van der Waals surface area (Å²) in [5.74, 6) is 0.223. The molecular weight excluding hydrogens is 226 g/mol. The summed E-state index contributed by atoms with van der Waals surface area (Å²) in [5, 5.41) is 15.4. The van der Waals surface area contributed by atoms with Crippen molar-refractivity contribution in [1.82, 2.24) is 0 Å². The van der Waals surface area contributed by atoms with Gasteiger partial charge in [0.25, 0.3) is 0 Å². The Hall–Kier alpha value is -1.42. The van der Waals surface area contributed by atoms with Crippen molar-refractivity contribution in [3.63, 3.8) is 0 Å². The molecule has 0 radical (unpaired) electrons. The molecule has 1 aromatic rings. The van der Waals surface area contributed by atoms with E-state index in [1.54, 1.807) is 0 Å². The zero-order chi connectivity index (χ0) is 12.0. The maximum atomic E-state index is 8.50. The highest BCUT2D eigenvalue weighted by Gasteiger charge is 2.08. The minimum Gasteiger partial charge on any atom is -0.409 e. The molecule has 4 N–H and O–H groups in total. The van der Waals surface area contributed by atoms with Crippen molar-refractivity contribution in [2.75, 3.05) is 5.32 Å². The number of amidine groups is 1. The van der Waals surface area contributed by atoms with Gasteiger partial charge in [0.15, 0.2) is 0 Å². The monoisotopic (exact) mass is 241 g/mol. The van der Waals surface area contributed by atoms with E-state index in [-0.39, 0.29) is 11.9 Å². The second-order valence-corrected chi connectivity index (χ2v) is 3.99. The predicted octanol–water partition coefficient (Wildman–Crippen LogP) is 2.67. The van der Waals surface area contributed by atoms with Gasteiger partial charge in [-0.15, -0.1) is 0 Å². The molecule has 0 aromatic heterocycles. The lowest BCUT2D eigenvalue weighted by atomic mass is 10.1. The van der Waals surface area contributed by atoms with E-state index in [9.17, 15) is 0 Å². The molecule has 0 bridgehead atoms. The molecule has 0 saturated heterocycles. The molecule has 0 aliphatic heterocycles. The molecule has 0 saturated carbocycles. The molecule has 16 heavy (non-hydrogen) atoms. The zero-order valence-electron chi connectivity index (χ0n) is 9.15. The summed E-state index contributed by atoms with van der Waals surface area (Å²) < 4.78 is 0. The average molecular weight is 242 g/mol. The predicted molar refractivity (Wildman–Crippen MR) is 67.2 cm³/mol. The standard InChI is InChI=1S/C11H16ClN3O/c1-2-9(7-11(13)15-16)14-10-5-3-4-8(12)6-10/h3-6,9,14,16H,2,7H2,1H3,(H2,13,15). The molecule has 88 valence electrons. The van der Waals surface area contributed by atoms with E-state index in [0.29, 0.717) is 11.4 Å². The Morgan fingerprint density at radius 3 is 2.94 bits per heavy atom. The smallest absolute Gasteiger partial charge is 0.141 e. The molecule has 1 unspecified atom stereocenters. The third kappa shape index (κ3) is 3.98. The Labute approximate surface area is 100 Å². The SMILES string of the molecule is CCC(CC(N)=NO)Nc1cccc(Cl)c1. The van der Waals surface area contributed by atoms with Crippen molar-refractivity contribution in [2.24, 2.45) is 10.9 Å². The summed E-state index contributed by atoms with van der Waals surface area (Å²) >= 11 is 5.88. The van der Waals surface area contributed by atoms with Gasteiger partial charge in [-0.3, -0.25) is 0 Å². The van der Waals surface area contributed by atoms with Crippen LogP contribution in [0.5, 0.6) is 0 Å². The molecule has 1 rings (SSSR count). The summed E-state index contributed by atoms with van der Waals surface area (Å²) in [7, 11) is 0. The van der Waals surface area contributed by atoms with Gasteiger partial charge in [0.05, 0.1) is 0 Å². The number of hydrogen-bond acceptors (Lipinski definition) is 3. The van der Waals surface area contributed by atoms with Crippen LogP contribution in [-0.4, -0.2) is 17.1 Å². The van der Waals surface area contributed by atoms with Gasteiger partial charge in [-0.2, -0.15) is 0 Å². The van der Waals surface area contributed by atoms with E-state index in [0.717, 1.165) is 12.1 Å². The van der Waals surface area contributed by atoms with Crippen LogP contribution in [0.1, 0.15) is 19.8 Å². The van der Waals surface area contributed by atoms with Gasteiger partial charge in [-0.05, 0) is 24.6 Å². The molecule has 0 spiro atoms. The second kappa shape index (κ2) is 6.23. The molecule has 0 amide bonds. The van der Waals surface area contributed by atoms with Gasteiger partial charge in [0, 0.05) is 23.2 Å². The van der Waals surface area contributed by atoms with E-state index in [4.69, 9.17) is 22.5 Å². The Kier molecular flexibility index (Phi) is 4.92. The first kappa shape index (κ1) is 12.6. The maximum Gasteiger partial charge on any atom is 0.141 e. The lowest BCUT2D eigenvalue weighted by Crippen LogP contribution is -2.26. The summed E-state index contributed by atoms with van der Waals surface area (Å²) in [6.07, 6.45) is 1.38. The third-order valence-electron chi connectivity index (χ3n) is 2.27. The van der Waals surface area contributed by atoms with Crippen molar-refractivity contribution in [3.8, 4) is 0 Å². The maximum absolute atomic E-state index is 8.50. The second-order valence-electron chi connectivity index (χ2n) is 3.56. The van der Waals surface area contributed by atoms with E-state index < -0.39 is 0 Å². The molecular formula is C11H16ClN3O. The number of rotatable bonds is 5. The molecule has 4 nitrogen and oxygen atoms in total. The lowest BCUT2D eigenvalue weighted by molar-refractivity contribution is 0.316. The Morgan fingerprint density at radius 1 is 1.62 bits per heavy atom. The molecule has 5 heteroatoms. The lowest BCUT2D eigenvalue weighted by Gasteiger charge is -2.17. The highest BCUT2D eigenvalue weighted by atomic mass is 35.5.